The fraction of sp³-hybridized carbons (Fsp3) is 0.750. The summed E-state index contributed by atoms with van der Waals surface area (Å²) in [5.41, 5.74) is -0.854. The first-order valence-electron chi connectivity index (χ1n) is 10.5. The highest BCUT2D eigenvalue weighted by Gasteiger charge is 2.56. The van der Waals surface area contributed by atoms with Crippen LogP contribution in [0.2, 0.25) is 0 Å². The monoisotopic (exact) mass is 422 g/mol. The Hall–Kier alpha value is -2.65. The summed E-state index contributed by atoms with van der Waals surface area (Å²) in [7, 11) is 1.60. The first-order valence-corrected chi connectivity index (χ1v) is 10.5. The molecule has 2 aliphatic heterocycles. The Bertz CT molecular complexity index is 740. The maximum absolute atomic E-state index is 12.9. The molecular weight excluding hydrogens is 392 g/mol. The Morgan fingerprint density at radius 3 is 2.13 bits per heavy atom. The number of carbonyl (C=O) groups is 5. The number of rotatable bonds is 4. The number of carbonyl (C=O) groups excluding carboxylic acids is 5. The summed E-state index contributed by atoms with van der Waals surface area (Å²) in [4.78, 5) is 67.5. The van der Waals surface area contributed by atoms with Gasteiger partial charge in [-0.15, -0.1) is 0 Å². The summed E-state index contributed by atoms with van der Waals surface area (Å²) in [5.74, 6) is -1.54. The van der Waals surface area contributed by atoms with E-state index in [2.05, 4.69) is 0 Å². The van der Waals surface area contributed by atoms with Crippen LogP contribution < -0.4 is 0 Å². The van der Waals surface area contributed by atoms with Crippen LogP contribution in [0.5, 0.6) is 0 Å². The zero-order valence-corrected chi connectivity index (χ0v) is 17.9. The van der Waals surface area contributed by atoms with Crippen molar-refractivity contribution in [2.75, 3.05) is 39.8 Å². The van der Waals surface area contributed by atoms with Gasteiger partial charge in [0.15, 0.2) is 6.10 Å². The fourth-order valence-electron chi connectivity index (χ4n) is 4.58. The molecule has 10 nitrogen and oxygen atoms in total. The number of imide groups is 1. The molecule has 30 heavy (non-hydrogen) atoms. The van der Waals surface area contributed by atoms with E-state index in [1.807, 2.05) is 0 Å². The summed E-state index contributed by atoms with van der Waals surface area (Å²) >= 11 is 0. The number of nitrogens with zero attached hydrogens (tertiary/aromatic N) is 4. The number of urea groups is 1. The van der Waals surface area contributed by atoms with E-state index in [1.165, 1.54) is 18.7 Å². The topological polar surface area (TPSA) is 108 Å². The minimum Gasteiger partial charge on any atom is -0.451 e. The van der Waals surface area contributed by atoms with Crippen molar-refractivity contribution in [1.29, 1.82) is 0 Å². The molecule has 3 fully saturated rings. The van der Waals surface area contributed by atoms with Crippen LogP contribution in [0.25, 0.3) is 0 Å². The quantitative estimate of drug-likeness (QED) is 0.473. The zero-order chi connectivity index (χ0) is 22.1. The minimum absolute atomic E-state index is 0.0396. The molecule has 0 N–H and O–H groups in total. The molecule has 10 heteroatoms. The highest BCUT2D eigenvalue weighted by Crippen LogP contribution is 2.39. The second-order valence-corrected chi connectivity index (χ2v) is 8.29. The molecule has 0 bridgehead atoms. The standard InChI is InChI=1S/C20H30N4O6/c1-14(17(27)23-11-9-22(10-12-23)15(2)25)30-16(26)13-24-18(28)20(21(3)19(24)29)7-5-4-6-8-20/h14H,4-13H2,1-3H3. The van der Waals surface area contributed by atoms with E-state index in [0.29, 0.717) is 39.0 Å². The Kier molecular flexibility index (Phi) is 6.33. The molecule has 3 rings (SSSR count). The van der Waals surface area contributed by atoms with Crippen LogP contribution in [0, 0.1) is 0 Å². The number of hydrogen-bond acceptors (Lipinski definition) is 6. The molecule has 0 radical (unpaired) electrons. The molecule has 1 aliphatic carbocycles. The van der Waals surface area contributed by atoms with E-state index >= 15 is 0 Å². The molecule has 1 spiro atoms. The van der Waals surface area contributed by atoms with Crippen LogP contribution >= 0.6 is 0 Å². The van der Waals surface area contributed by atoms with Crippen molar-refractivity contribution in [2.24, 2.45) is 0 Å². The lowest BCUT2D eigenvalue weighted by Gasteiger charge is -2.35. The highest BCUT2D eigenvalue weighted by molar-refractivity contribution is 6.08. The van der Waals surface area contributed by atoms with Gasteiger partial charge in [0, 0.05) is 40.2 Å². The first kappa shape index (κ1) is 22.0. The number of piperazine rings is 1. The summed E-state index contributed by atoms with van der Waals surface area (Å²) in [6, 6.07) is -0.502. The van der Waals surface area contributed by atoms with E-state index in [0.717, 1.165) is 24.2 Å². The molecule has 1 unspecified atom stereocenters. The largest absolute Gasteiger partial charge is 0.451 e. The molecule has 1 saturated carbocycles. The molecule has 2 saturated heterocycles. The van der Waals surface area contributed by atoms with E-state index in [1.54, 1.807) is 16.8 Å². The van der Waals surface area contributed by atoms with Crippen molar-refractivity contribution in [2.45, 2.75) is 57.6 Å². The van der Waals surface area contributed by atoms with Crippen LogP contribution in [0.4, 0.5) is 4.79 Å². The molecule has 1 atom stereocenters. The fourth-order valence-corrected chi connectivity index (χ4v) is 4.58. The lowest BCUT2D eigenvalue weighted by molar-refractivity contribution is -0.161. The molecule has 0 aromatic rings. The maximum atomic E-state index is 12.9. The number of likely N-dealkylation sites (N-methyl/N-ethyl adjacent to an activating group) is 1. The third-order valence-corrected chi connectivity index (χ3v) is 6.46. The third-order valence-electron chi connectivity index (χ3n) is 6.46. The van der Waals surface area contributed by atoms with Crippen molar-refractivity contribution >= 4 is 29.7 Å². The van der Waals surface area contributed by atoms with Gasteiger partial charge in [-0.1, -0.05) is 19.3 Å². The highest BCUT2D eigenvalue weighted by atomic mass is 16.5. The second kappa shape index (κ2) is 8.61. The van der Waals surface area contributed by atoms with Crippen molar-refractivity contribution < 1.29 is 28.7 Å². The molecule has 5 amide bonds. The average molecular weight is 422 g/mol. The summed E-state index contributed by atoms with van der Waals surface area (Å²) in [6.45, 7) is 4.07. The van der Waals surface area contributed by atoms with Crippen LogP contribution in [0.3, 0.4) is 0 Å². The van der Waals surface area contributed by atoms with Crippen molar-refractivity contribution in [3.8, 4) is 0 Å². The summed E-state index contributed by atoms with van der Waals surface area (Å²) < 4.78 is 5.23. The van der Waals surface area contributed by atoms with Crippen LogP contribution in [-0.2, 0) is 23.9 Å². The Morgan fingerprint density at radius 1 is 1.00 bits per heavy atom. The van der Waals surface area contributed by atoms with Gasteiger partial charge in [-0.2, -0.15) is 0 Å². The Labute approximate surface area is 176 Å². The molecule has 0 aromatic heterocycles. The molecule has 3 aliphatic rings. The van der Waals surface area contributed by atoms with Gasteiger partial charge < -0.3 is 19.4 Å². The predicted molar refractivity (Wildman–Crippen MR) is 105 cm³/mol. The van der Waals surface area contributed by atoms with Gasteiger partial charge in [0.25, 0.3) is 11.8 Å². The zero-order valence-electron chi connectivity index (χ0n) is 17.9. The molecular formula is C20H30N4O6. The van der Waals surface area contributed by atoms with Gasteiger partial charge in [-0.05, 0) is 19.8 Å². The lowest BCUT2D eigenvalue weighted by atomic mass is 9.81. The predicted octanol–water partition coefficient (Wildman–Crippen LogP) is 0.206. The van der Waals surface area contributed by atoms with Crippen molar-refractivity contribution in [3.05, 3.63) is 0 Å². The van der Waals surface area contributed by atoms with Crippen LogP contribution in [0.1, 0.15) is 46.0 Å². The molecule has 166 valence electrons. The van der Waals surface area contributed by atoms with Crippen molar-refractivity contribution in [1.82, 2.24) is 19.6 Å². The summed E-state index contributed by atoms with van der Waals surface area (Å²) in [5, 5.41) is 0. The smallest absolute Gasteiger partial charge is 0.327 e. The Balaban J connectivity index is 1.55. The minimum atomic E-state index is -1.03. The normalized spacial score (nSPS) is 22.5. The van der Waals surface area contributed by atoms with Crippen molar-refractivity contribution in [3.63, 3.8) is 0 Å². The lowest BCUT2D eigenvalue weighted by Crippen LogP contribution is -2.52. The number of hydrogen-bond donors (Lipinski definition) is 0. The SMILES string of the molecule is CC(=O)N1CCN(C(=O)C(C)OC(=O)CN2C(=O)N(C)C3(CCCCC3)C2=O)CC1. The van der Waals surface area contributed by atoms with Crippen LogP contribution in [-0.4, -0.2) is 101 Å². The molecule has 0 aromatic carbocycles. The van der Waals surface area contributed by atoms with Gasteiger partial charge in [0.1, 0.15) is 12.1 Å². The maximum Gasteiger partial charge on any atom is 0.327 e. The van der Waals surface area contributed by atoms with Gasteiger partial charge >= 0.3 is 12.0 Å². The molecule has 2 heterocycles. The van der Waals surface area contributed by atoms with Gasteiger partial charge in [0.2, 0.25) is 5.91 Å². The second-order valence-electron chi connectivity index (χ2n) is 8.29. The Morgan fingerprint density at radius 2 is 1.57 bits per heavy atom. The van der Waals surface area contributed by atoms with E-state index in [9.17, 15) is 24.0 Å². The first-order chi connectivity index (χ1) is 14.2. The van der Waals surface area contributed by atoms with E-state index < -0.39 is 30.2 Å². The number of esters is 1. The van der Waals surface area contributed by atoms with Gasteiger partial charge in [-0.3, -0.25) is 24.1 Å². The summed E-state index contributed by atoms with van der Waals surface area (Å²) in [6.07, 6.45) is 2.92. The van der Waals surface area contributed by atoms with E-state index in [-0.39, 0.29) is 17.7 Å². The van der Waals surface area contributed by atoms with E-state index in [4.69, 9.17) is 4.74 Å². The third kappa shape index (κ3) is 3.99. The van der Waals surface area contributed by atoms with Gasteiger partial charge in [0.05, 0.1) is 0 Å². The number of ether oxygens (including phenoxy) is 1. The average Bonchev–Trinajstić information content (AvgIpc) is 2.90. The van der Waals surface area contributed by atoms with Gasteiger partial charge in [-0.25, -0.2) is 4.79 Å². The van der Waals surface area contributed by atoms with Crippen LogP contribution in [0.15, 0.2) is 0 Å². The number of amides is 5.